The van der Waals surface area contributed by atoms with Crippen molar-refractivity contribution in [3.8, 4) is 11.5 Å². The molecule has 0 bridgehead atoms. The number of ether oxygens (including phenoxy) is 2. The van der Waals surface area contributed by atoms with E-state index in [0.717, 1.165) is 26.8 Å². The van der Waals surface area contributed by atoms with Gasteiger partial charge < -0.3 is 30.1 Å². The van der Waals surface area contributed by atoms with Crippen molar-refractivity contribution >= 4 is 38.6 Å². The summed E-state index contributed by atoms with van der Waals surface area (Å²) in [6.45, 7) is 6.15. The number of fused-ring (bicyclic) bond motifs is 1. The van der Waals surface area contributed by atoms with E-state index in [1.165, 1.54) is 0 Å². The lowest BCUT2D eigenvalue weighted by Crippen LogP contribution is -2.43. The van der Waals surface area contributed by atoms with Gasteiger partial charge in [0.25, 0.3) is 5.91 Å². The fourth-order valence-electron chi connectivity index (χ4n) is 2.92. The normalized spacial score (nSPS) is 11.4. The molecule has 0 unspecified atom stereocenters. The van der Waals surface area contributed by atoms with Gasteiger partial charge in [-0.3, -0.25) is 4.79 Å². The molecule has 1 aromatic heterocycles. The molecule has 0 saturated carbocycles. The van der Waals surface area contributed by atoms with Crippen LogP contribution >= 0.6 is 15.9 Å². The van der Waals surface area contributed by atoms with Gasteiger partial charge >= 0.3 is 5.69 Å². The molecular weight excluding hydrogens is 452 g/mol. The predicted octanol–water partition coefficient (Wildman–Crippen LogP) is 3.53. The van der Waals surface area contributed by atoms with Crippen molar-refractivity contribution in [2.45, 2.75) is 32.9 Å². The average molecular weight is 477 g/mol. The number of imidazole rings is 1. The number of aromatic amines is 2. The summed E-state index contributed by atoms with van der Waals surface area (Å²) < 4.78 is 11.9. The summed E-state index contributed by atoms with van der Waals surface area (Å²) in [5, 5.41) is 6.18. The Morgan fingerprint density at radius 2 is 1.83 bits per heavy atom. The van der Waals surface area contributed by atoms with Crippen molar-refractivity contribution in [3.05, 3.63) is 50.9 Å². The number of aromatic nitrogens is 2. The maximum Gasteiger partial charge on any atom is 0.323 e. The van der Waals surface area contributed by atoms with Crippen molar-refractivity contribution in [1.82, 2.24) is 15.3 Å². The Kier molecular flexibility index (Phi) is 6.40. The first-order valence-corrected chi connectivity index (χ1v) is 10.2. The zero-order valence-corrected chi connectivity index (χ0v) is 18.9. The van der Waals surface area contributed by atoms with E-state index in [4.69, 9.17) is 9.47 Å². The SMILES string of the molecule is COc1cc(CNc2ccc3[nH]c(=O)[nH]c3c2)c(Br)cc1OCC(=O)NC(C)(C)C. The van der Waals surface area contributed by atoms with Gasteiger partial charge in [0.05, 0.1) is 18.1 Å². The van der Waals surface area contributed by atoms with E-state index in [1.54, 1.807) is 13.2 Å². The molecule has 160 valence electrons. The highest BCUT2D eigenvalue weighted by molar-refractivity contribution is 9.10. The highest BCUT2D eigenvalue weighted by Crippen LogP contribution is 2.34. The van der Waals surface area contributed by atoms with E-state index in [9.17, 15) is 9.59 Å². The Balaban J connectivity index is 1.69. The van der Waals surface area contributed by atoms with Crippen molar-refractivity contribution in [2.24, 2.45) is 0 Å². The van der Waals surface area contributed by atoms with Crippen LogP contribution < -0.4 is 25.8 Å². The monoisotopic (exact) mass is 476 g/mol. The number of hydrogen-bond acceptors (Lipinski definition) is 5. The van der Waals surface area contributed by atoms with Gasteiger partial charge in [0.2, 0.25) is 0 Å². The van der Waals surface area contributed by atoms with E-state index >= 15 is 0 Å². The van der Waals surface area contributed by atoms with Gasteiger partial charge in [-0.25, -0.2) is 4.79 Å². The van der Waals surface area contributed by atoms with Crippen LogP contribution in [0.3, 0.4) is 0 Å². The summed E-state index contributed by atoms with van der Waals surface area (Å²) in [6, 6.07) is 9.23. The molecule has 2 aromatic carbocycles. The van der Waals surface area contributed by atoms with E-state index in [1.807, 2.05) is 45.0 Å². The van der Waals surface area contributed by atoms with Gasteiger partial charge in [0.1, 0.15) is 0 Å². The van der Waals surface area contributed by atoms with Gasteiger partial charge in [-0.15, -0.1) is 0 Å². The molecule has 4 N–H and O–H groups in total. The third-order valence-electron chi connectivity index (χ3n) is 4.20. The number of amides is 1. The minimum Gasteiger partial charge on any atom is -0.493 e. The van der Waals surface area contributed by atoms with Crippen LogP contribution in [0.2, 0.25) is 0 Å². The Morgan fingerprint density at radius 1 is 1.10 bits per heavy atom. The van der Waals surface area contributed by atoms with E-state index in [-0.39, 0.29) is 23.7 Å². The number of halogens is 1. The maximum atomic E-state index is 12.0. The highest BCUT2D eigenvalue weighted by Gasteiger charge is 2.16. The molecule has 8 nitrogen and oxygen atoms in total. The molecule has 0 saturated heterocycles. The number of anilines is 1. The quantitative estimate of drug-likeness (QED) is 0.417. The number of methoxy groups -OCH3 is 1. The Bertz CT molecular complexity index is 1110. The Morgan fingerprint density at radius 3 is 2.53 bits per heavy atom. The first kappa shape index (κ1) is 21.8. The van der Waals surface area contributed by atoms with Crippen LogP contribution in [0.4, 0.5) is 5.69 Å². The fraction of sp³-hybridized carbons (Fsp3) is 0.333. The lowest BCUT2D eigenvalue weighted by Gasteiger charge is -2.21. The van der Waals surface area contributed by atoms with Crippen LogP contribution in [0.15, 0.2) is 39.6 Å². The van der Waals surface area contributed by atoms with Gasteiger partial charge in [-0.05, 0) is 56.7 Å². The van der Waals surface area contributed by atoms with Crippen molar-refractivity contribution in [2.75, 3.05) is 19.0 Å². The molecule has 0 fully saturated rings. The number of carbonyl (C=O) groups is 1. The number of carbonyl (C=O) groups excluding carboxylic acids is 1. The zero-order chi connectivity index (χ0) is 21.9. The second kappa shape index (κ2) is 8.83. The zero-order valence-electron chi connectivity index (χ0n) is 17.3. The van der Waals surface area contributed by atoms with E-state index < -0.39 is 0 Å². The molecule has 3 rings (SSSR count). The van der Waals surface area contributed by atoms with Crippen LogP contribution in [0, 0.1) is 0 Å². The molecule has 1 amide bonds. The fourth-order valence-corrected chi connectivity index (χ4v) is 3.39. The number of nitrogens with one attached hydrogen (secondary N) is 4. The molecule has 9 heteroatoms. The molecule has 0 atom stereocenters. The van der Waals surface area contributed by atoms with Crippen molar-refractivity contribution < 1.29 is 14.3 Å². The van der Waals surface area contributed by atoms with Crippen LogP contribution in [-0.2, 0) is 11.3 Å². The molecule has 0 spiro atoms. The molecule has 0 radical (unpaired) electrons. The van der Waals surface area contributed by atoms with Crippen LogP contribution in [0.25, 0.3) is 11.0 Å². The molecule has 0 aliphatic heterocycles. The van der Waals surface area contributed by atoms with Gasteiger partial charge in [0.15, 0.2) is 18.1 Å². The van der Waals surface area contributed by atoms with Crippen LogP contribution in [0.5, 0.6) is 11.5 Å². The molecule has 30 heavy (non-hydrogen) atoms. The lowest BCUT2D eigenvalue weighted by atomic mass is 10.1. The summed E-state index contributed by atoms with van der Waals surface area (Å²) in [5.74, 6) is 0.803. The predicted molar refractivity (Wildman–Crippen MR) is 120 cm³/mol. The summed E-state index contributed by atoms with van der Waals surface area (Å²) in [6.07, 6.45) is 0. The third-order valence-corrected chi connectivity index (χ3v) is 4.94. The standard InChI is InChI=1S/C21H25BrN4O4/c1-21(2,3)26-19(27)11-30-18-9-14(22)12(7-17(18)29-4)10-23-13-5-6-15-16(8-13)25-20(28)24-15/h5-9,23H,10-11H2,1-4H3,(H,26,27)(H2,24,25,28). The Labute approximate surface area is 182 Å². The second-order valence-corrected chi connectivity index (χ2v) is 8.73. The van der Waals surface area contributed by atoms with Gasteiger partial charge in [-0.1, -0.05) is 15.9 Å². The summed E-state index contributed by atoms with van der Waals surface area (Å²) in [4.78, 5) is 28.9. The number of benzene rings is 2. The van der Waals surface area contributed by atoms with Crippen molar-refractivity contribution in [3.63, 3.8) is 0 Å². The number of hydrogen-bond donors (Lipinski definition) is 4. The highest BCUT2D eigenvalue weighted by atomic mass is 79.9. The topological polar surface area (TPSA) is 108 Å². The molecular formula is C21H25BrN4O4. The second-order valence-electron chi connectivity index (χ2n) is 7.87. The third kappa shape index (κ3) is 5.56. The summed E-state index contributed by atoms with van der Waals surface area (Å²) >= 11 is 3.55. The lowest BCUT2D eigenvalue weighted by molar-refractivity contribution is -0.124. The molecule has 3 aromatic rings. The summed E-state index contributed by atoms with van der Waals surface area (Å²) in [5.41, 5.74) is 2.74. The van der Waals surface area contributed by atoms with Crippen LogP contribution in [-0.4, -0.2) is 35.1 Å². The largest absolute Gasteiger partial charge is 0.493 e. The molecule has 1 heterocycles. The number of rotatable bonds is 7. The van der Waals surface area contributed by atoms with Gasteiger partial charge in [-0.2, -0.15) is 0 Å². The van der Waals surface area contributed by atoms with E-state index in [0.29, 0.717) is 18.0 Å². The molecule has 0 aliphatic carbocycles. The Hall–Kier alpha value is -2.94. The minimum absolute atomic E-state index is 0.105. The minimum atomic E-state index is -0.322. The van der Waals surface area contributed by atoms with Crippen LogP contribution in [0.1, 0.15) is 26.3 Å². The van der Waals surface area contributed by atoms with Gasteiger partial charge in [0, 0.05) is 22.2 Å². The number of H-pyrrole nitrogens is 2. The maximum absolute atomic E-state index is 12.0. The first-order valence-electron chi connectivity index (χ1n) is 9.41. The summed E-state index contributed by atoms with van der Waals surface area (Å²) in [7, 11) is 1.55. The smallest absolute Gasteiger partial charge is 0.323 e. The van der Waals surface area contributed by atoms with Crippen molar-refractivity contribution in [1.29, 1.82) is 0 Å². The molecule has 0 aliphatic rings. The first-order chi connectivity index (χ1) is 14.1. The average Bonchev–Trinajstić information content (AvgIpc) is 3.03. The van der Waals surface area contributed by atoms with E-state index in [2.05, 4.69) is 36.5 Å².